The highest BCUT2D eigenvalue weighted by atomic mass is 35.5. The average molecular weight is 306 g/mol. The summed E-state index contributed by atoms with van der Waals surface area (Å²) in [5, 5.41) is 2.91. The van der Waals surface area contributed by atoms with Gasteiger partial charge in [0, 0.05) is 12.1 Å². The summed E-state index contributed by atoms with van der Waals surface area (Å²) in [5.74, 6) is 1.14. The number of amides is 1. The zero-order chi connectivity index (χ0) is 15.6. The molecule has 0 saturated carbocycles. The summed E-state index contributed by atoms with van der Waals surface area (Å²) in [5.41, 5.74) is 5.60. The number of nitrogens with one attached hydrogen (secondary N) is 1. The monoisotopic (exact) mass is 305 g/mol. The molecule has 0 atom stereocenters. The van der Waals surface area contributed by atoms with E-state index in [4.69, 9.17) is 16.0 Å². The number of halogens is 1. The number of hydrogen-bond donors (Lipinski definition) is 1. The fourth-order valence-electron chi connectivity index (χ4n) is 2.51. The Morgan fingerprint density at radius 2 is 1.76 bits per heavy atom. The summed E-state index contributed by atoms with van der Waals surface area (Å²) < 4.78 is 5.44. The molecular weight excluding hydrogens is 286 g/mol. The molecule has 1 amide bonds. The summed E-state index contributed by atoms with van der Waals surface area (Å²) in [6, 6.07) is 5.95. The molecule has 0 fully saturated rings. The van der Waals surface area contributed by atoms with Gasteiger partial charge < -0.3 is 9.73 Å². The third kappa shape index (κ3) is 3.48. The van der Waals surface area contributed by atoms with Gasteiger partial charge in [0.15, 0.2) is 5.76 Å². The van der Waals surface area contributed by atoms with Crippen LogP contribution in [0.4, 0.5) is 0 Å². The van der Waals surface area contributed by atoms with Gasteiger partial charge in [-0.2, -0.15) is 0 Å². The van der Waals surface area contributed by atoms with Crippen LogP contribution < -0.4 is 5.32 Å². The van der Waals surface area contributed by atoms with Gasteiger partial charge in [0.1, 0.15) is 5.76 Å². The minimum absolute atomic E-state index is 0.214. The Morgan fingerprint density at radius 3 is 2.29 bits per heavy atom. The molecule has 0 spiro atoms. The van der Waals surface area contributed by atoms with E-state index < -0.39 is 0 Å². The molecule has 1 N–H and O–H groups in total. The molecule has 0 saturated heterocycles. The van der Waals surface area contributed by atoms with Crippen molar-refractivity contribution in [2.45, 2.75) is 40.1 Å². The Hall–Kier alpha value is -1.74. The van der Waals surface area contributed by atoms with Crippen LogP contribution in [0.1, 0.15) is 44.1 Å². The maximum absolute atomic E-state index is 12.1. The Morgan fingerprint density at radius 1 is 1.14 bits per heavy atom. The number of rotatable bonds is 4. The van der Waals surface area contributed by atoms with Crippen LogP contribution in [0.3, 0.4) is 0 Å². The highest BCUT2D eigenvalue weighted by Gasteiger charge is 2.14. The van der Waals surface area contributed by atoms with Crippen LogP contribution in [0, 0.1) is 27.7 Å². The van der Waals surface area contributed by atoms with Crippen LogP contribution in [0.15, 0.2) is 22.6 Å². The molecular formula is C17H20ClNO2. The van der Waals surface area contributed by atoms with E-state index in [-0.39, 0.29) is 5.91 Å². The van der Waals surface area contributed by atoms with Crippen molar-refractivity contribution >= 4 is 17.5 Å². The fourth-order valence-corrected chi connectivity index (χ4v) is 2.77. The highest BCUT2D eigenvalue weighted by molar-refractivity contribution is 6.17. The van der Waals surface area contributed by atoms with E-state index in [1.54, 1.807) is 6.07 Å². The van der Waals surface area contributed by atoms with E-state index in [1.807, 2.05) is 6.92 Å². The number of furan rings is 1. The third-order valence-electron chi connectivity index (χ3n) is 3.65. The van der Waals surface area contributed by atoms with E-state index in [0.717, 1.165) is 11.1 Å². The Balaban J connectivity index is 2.11. The fraction of sp³-hybridized carbons (Fsp3) is 0.353. The lowest BCUT2D eigenvalue weighted by molar-refractivity contribution is 0.0922. The van der Waals surface area contributed by atoms with Crippen LogP contribution in [-0.2, 0) is 12.4 Å². The molecule has 1 aromatic carbocycles. The highest BCUT2D eigenvalue weighted by Crippen LogP contribution is 2.18. The number of aryl methyl sites for hydroxylation is 4. The molecule has 21 heavy (non-hydrogen) atoms. The van der Waals surface area contributed by atoms with Gasteiger partial charge in [-0.3, -0.25) is 4.79 Å². The lowest BCUT2D eigenvalue weighted by Gasteiger charge is -2.11. The van der Waals surface area contributed by atoms with Gasteiger partial charge in [-0.15, -0.1) is 11.6 Å². The van der Waals surface area contributed by atoms with E-state index in [1.165, 1.54) is 16.7 Å². The second-order valence-electron chi connectivity index (χ2n) is 5.39. The largest absolute Gasteiger partial charge is 0.456 e. The summed E-state index contributed by atoms with van der Waals surface area (Å²) in [4.78, 5) is 12.1. The molecule has 0 aliphatic rings. The predicted molar refractivity (Wildman–Crippen MR) is 84.8 cm³/mol. The van der Waals surface area contributed by atoms with Crippen molar-refractivity contribution in [3.63, 3.8) is 0 Å². The van der Waals surface area contributed by atoms with Crippen LogP contribution in [0.25, 0.3) is 0 Å². The van der Waals surface area contributed by atoms with Crippen molar-refractivity contribution in [1.29, 1.82) is 0 Å². The van der Waals surface area contributed by atoms with Gasteiger partial charge in [0.25, 0.3) is 5.91 Å². The molecule has 0 aliphatic carbocycles. The molecule has 4 heteroatoms. The van der Waals surface area contributed by atoms with Crippen molar-refractivity contribution in [2.24, 2.45) is 0 Å². The van der Waals surface area contributed by atoms with Crippen molar-refractivity contribution in [3.8, 4) is 0 Å². The first kappa shape index (κ1) is 15.6. The molecule has 1 aromatic heterocycles. The van der Waals surface area contributed by atoms with Crippen molar-refractivity contribution in [3.05, 3.63) is 57.5 Å². The second-order valence-corrected chi connectivity index (χ2v) is 5.65. The second kappa shape index (κ2) is 6.35. The molecule has 0 unspecified atom stereocenters. The summed E-state index contributed by atoms with van der Waals surface area (Å²) in [7, 11) is 0. The molecule has 3 nitrogen and oxygen atoms in total. The lowest BCUT2D eigenvalue weighted by atomic mass is 10.00. The Bertz CT molecular complexity index is 650. The molecule has 0 radical (unpaired) electrons. The zero-order valence-corrected chi connectivity index (χ0v) is 13.6. The van der Waals surface area contributed by atoms with E-state index in [2.05, 4.69) is 38.2 Å². The predicted octanol–water partition coefficient (Wildman–Crippen LogP) is 4.18. The first-order valence-electron chi connectivity index (χ1n) is 6.92. The minimum Gasteiger partial charge on any atom is -0.456 e. The van der Waals surface area contributed by atoms with Gasteiger partial charge in [0.05, 0.1) is 5.88 Å². The maximum atomic E-state index is 12.1. The first-order chi connectivity index (χ1) is 9.92. The van der Waals surface area contributed by atoms with Gasteiger partial charge in [-0.1, -0.05) is 17.7 Å². The smallest absolute Gasteiger partial charge is 0.287 e. The Kier molecular flexibility index (Phi) is 4.73. The molecule has 1 heterocycles. The number of carbonyl (C=O) groups is 1. The average Bonchev–Trinajstić information content (AvgIpc) is 2.78. The maximum Gasteiger partial charge on any atom is 0.287 e. The van der Waals surface area contributed by atoms with Crippen molar-refractivity contribution in [2.75, 3.05) is 0 Å². The zero-order valence-electron chi connectivity index (χ0n) is 12.8. The molecule has 2 rings (SSSR count). The van der Waals surface area contributed by atoms with E-state index >= 15 is 0 Å². The topological polar surface area (TPSA) is 42.2 Å². The third-order valence-corrected chi connectivity index (χ3v) is 3.94. The molecule has 0 bridgehead atoms. The normalized spacial score (nSPS) is 10.7. The number of benzene rings is 1. The molecule has 2 aromatic rings. The van der Waals surface area contributed by atoms with E-state index in [0.29, 0.717) is 23.9 Å². The standard InChI is InChI=1S/C17H20ClNO2/c1-10-5-11(2)15(12(3)6-10)9-19-17(20)16-7-14(8-18)13(4)21-16/h5-7H,8-9H2,1-4H3,(H,19,20). The van der Waals surface area contributed by atoms with Crippen LogP contribution in [0.5, 0.6) is 0 Å². The van der Waals surface area contributed by atoms with Gasteiger partial charge in [0.2, 0.25) is 0 Å². The van der Waals surface area contributed by atoms with Gasteiger partial charge >= 0.3 is 0 Å². The minimum atomic E-state index is -0.214. The number of hydrogen-bond acceptors (Lipinski definition) is 2. The van der Waals surface area contributed by atoms with E-state index in [9.17, 15) is 4.79 Å². The van der Waals surface area contributed by atoms with Crippen LogP contribution in [-0.4, -0.2) is 5.91 Å². The number of carbonyl (C=O) groups excluding carboxylic acids is 1. The van der Waals surface area contributed by atoms with Gasteiger partial charge in [-0.25, -0.2) is 0 Å². The Labute approximate surface area is 130 Å². The molecule has 0 aliphatic heterocycles. The van der Waals surface area contributed by atoms with Crippen molar-refractivity contribution < 1.29 is 9.21 Å². The number of alkyl halides is 1. The summed E-state index contributed by atoms with van der Waals surface area (Å²) >= 11 is 5.79. The lowest BCUT2D eigenvalue weighted by Crippen LogP contribution is -2.23. The van der Waals surface area contributed by atoms with Crippen LogP contribution in [0.2, 0.25) is 0 Å². The first-order valence-corrected chi connectivity index (χ1v) is 7.46. The summed E-state index contributed by atoms with van der Waals surface area (Å²) in [6.45, 7) is 8.49. The van der Waals surface area contributed by atoms with Crippen molar-refractivity contribution in [1.82, 2.24) is 5.32 Å². The quantitative estimate of drug-likeness (QED) is 0.861. The summed E-state index contributed by atoms with van der Waals surface area (Å²) in [6.07, 6.45) is 0. The van der Waals surface area contributed by atoms with Crippen LogP contribution >= 0.6 is 11.6 Å². The van der Waals surface area contributed by atoms with Gasteiger partial charge in [-0.05, 0) is 50.5 Å². The molecule has 112 valence electrons. The SMILES string of the molecule is Cc1cc(C)c(CNC(=O)c2cc(CCl)c(C)o2)c(C)c1.